The lowest BCUT2D eigenvalue weighted by atomic mass is 10.0. The van der Waals surface area contributed by atoms with Crippen molar-refractivity contribution in [2.75, 3.05) is 13.2 Å². The molecular formula is C57H92O6. The summed E-state index contributed by atoms with van der Waals surface area (Å²) in [5.41, 5.74) is 0. The number of ether oxygens (including phenoxy) is 3. The van der Waals surface area contributed by atoms with E-state index in [9.17, 15) is 14.4 Å². The summed E-state index contributed by atoms with van der Waals surface area (Å²) in [6, 6.07) is 0. The molecule has 0 N–H and O–H groups in total. The van der Waals surface area contributed by atoms with Gasteiger partial charge in [0.2, 0.25) is 0 Å². The van der Waals surface area contributed by atoms with Crippen LogP contribution in [0.15, 0.2) is 109 Å². The van der Waals surface area contributed by atoms with Crippen LogP contribution in [0.25, 0.3) is 0 Å². The molecule has 1 unspecified atom stereocenters. The van der Waals surface area contributed by atoms with Gasteiger partial charge in [-0.3, -0.25) is 14.4 Å². The van der Waals surface area contributed by atoms with Crippen molar-refractivity contribution in [2.45, 2.75) is 219 Å². The van der Waals surface area contributed by atoms with Crippen molar-refractivity contribution in [2.24, 2.45) is 0 Å². The molecule has 0 aromatic heterocycles. The molecule has 0 aliphatic rings. The second-order valence-corrected chi connectivity index (χ2v) is 16.6. The molecule has 0 saturated carbocycles. The monoisotopic (exact) mass is 873 g/mol. The summed E-state index contributed by atoms with van der Waals surface area (Å²) in [6.45, 7) is 6.36. The van der Waals surface area contributed by atoms with E-state index >= 15 is 0 Å². The van der Waals surface area contributed by atoms with Gasteiger partial charge in [0.15, 0.2) is 6.10 Å². The Hall–Kier alpha value is -3.93. The van der Waals surface area contributed by atoms with Gasteiger partial charge in [-0.25, -0.2) is 0 Å². The SMILES string of the molecule is CC/C=C/C=C/C=C/C=C/C=C/CCCC(=O)OCC(COC(=O)CCCCCCC/C=C/C=C/C=C/C=C/CCCCC)OC(=O)CCCCCCCCCCCCCCCC. The topological polar surface area (TPSA) is 78.9 Å². The van der Waals surface area contributed by atoms with Crippen molar-refractivity contribution in [1.82, 2.24) is 0 Å². The molecule has 1 atom stereocenters. The lowest BCUT2D eigenvalue weighted by Gasteiger charge is -2.18. The first-order chi connectivity index (χ1) is 31.0. The predicted octanol–water partition coefficient (Wildman–Crippen LogP) is 16.8. The van der Waals surface area contributed by atoms with Crippen molar-refractivity contribution in [3.63, 3.8) is 0 Å². The first-order valence-electron chi connectivity index (χ1n) is 25.5. The highest BCUT2D eigenvalue weighted by Gasteiger charge is 2.19. The lowest BCUT2D eigenvalue weighted by molar-refractivity contribution is -0.167. The van der Waals surface area contributed by atoms with Gasteiger partial charge in [-0.2, -0.15) is 0 Å². The summed E-state index contributed by atoms with van der Waals surface area (Å²) in [5.74, 6) is -1.01. The maximum absolute atomic E-state index is 12.8. The Morgan fingerprint density at radius 2 is 0.635 bits per heavy atom. The average Bonchev–Trinajstić information content (AvgIpc) is 3.28. The van der Waals surface area contributed by atoms with Gasteiger partial charge in [0, 0.05) is 19.3 Å². The Bertz CT molecular complexity index is 1330. The molecule has 0 aromatic carbocycles. The van der Waals surface area contributed by atoms with E-state index in [4.69, 9.17) is 14.2 Å². The number of rotatable bonds is 44. The number of hydrogen-bond acceptors (Lipinski definition) is 6. The second kappa shape index (κ2) is 50.7. The molecule has 0 saturated heterocycles. The Kier molecular flexibility index (Phi) is 47.5. The largest absolute Gasteiger partial charge is 0.462 e. The molecule has 0 heterocycles. The Morgan fingerprint density at radius 1 is 0.333 bits per heavy atom. The van der Waals surface area contributed by atoms with E-state index in [1.165, 1.54) is 89.9 Å². The molecule has 63 heavy (non-hydrogen) atoms. The summed E-state index contributed by atoms with van der Waals surface area (Å²) in [4.78, 5) is 37.9. The maximum atomic E-state index is 12.8. The number of carbonyl (C=O) groups excluding carboxylic acids is 3. The molecule has 0 aliphatic carbocycles. The van der Waals surface area contributed by atoms with Crippen LogP contribution in [-0.4, -0.2) is 37.2 Å². The normalized spacial score (nSPS) is 13.0. The zero-order chi connectivity index (χ0) is 45.8. The molecule has 0 fully saturated rings. The second-order valence-electron chi connectivity index (χ2n) is 16.6. The fourth-order valence-electron chi connectivity index (χ4n) is 6.66. The minimum Gasteiger partial charge on any atom is -0.462 e. The van der Waals surface area contributed by atoms with E-state index in [-0.39, 0.29) is 37.5 Å². The third-order valence-corrected chi connectivity index (χ3v) is 10.5. The smallest absolute Gasteiger partial charge is 0.306 e. The molecule has 0 radical (unpaired) electrons. The number of allylic oxidation sites excluding steroid dienone is 18. The van der Waals surface area contributed by atoms with Crippen LogP contribution in [0.4, 0.5) is 0 Å². The van der Waals surface area contributed by atoms with Crippen LogP contribution in [0.5, 0.6) is 0 Å². The van der Waals surface area contributed by atoms with Crippen molar-refractivity contribution in [3.8, 4) is 0 Å². The maximum Gasteiger partial charge on any atom is 0.306 e. The summed E-state index contributed by atoms with van der Waals surface area (Å²) in [7, 11) is 0. The Balaban J connectivity index is 4.53. The Labute approximate surface area is 387 Å². The zero-order valence-corrected chi connectivity index (χ0v) is 40.5. The summed E-state index contributed by atoms with van der Waals surface area (Å²) < 4.78 is 16.7. The van der Waals surface area contributed by atoms with Gasteiger partial charge in [0.05, 0.1) is 0 Å². The zero-order valence-electron chi connectivity index (χ0n) is 40.5. The van der Waals surface area contributed by atoms with E-state index in [2.05, 4.69) is 75.5 Å². The van der Waals surface area contributed by atoms with E-state index in [1.807, 2.05) is 54.7 Å². The van der Waals surface area contributed by atoms with Crippen molar-refractivity contribution < 1.29 is 28.6 Å². The van der Waals surface area contributed by atoms with Gasteiger partial charge in [0.1, 0.15) is 13.2 Å². The van der Waals surface area contributed by atoms with Gasteiger partial charge in [-0.1, -0.05) is 246 Å². The van der Waals surface area contributed by atoms with Crippen LogP contribution >= 0.6 is 0 Å². The predicted molar refractivity (Wildman–Crippen MR) is 270 cm³/mol. The molecule has 0 amide bonds. The van der Waals surface area contributed by atoms with Crippen LogP contribution in [0, 0.1) is 0 Å². The fourth-order valence-corrected chi connectivity index (χ4v) is 6.66. The van der Waals surface area contributed by atoms with Gasteiger partial charge in [-0.15, -0.1) is 0 Å². The molecule has 0 aromatic rings. The first kappa shape index (κ1) is 59.1. The van der Waals surface area contributed by atoms with Gasteiger partial charge in [0.25, 0.3) is 0 Å². The van der Waals surface area contributed by atoms with Gasteiger partial charge in [-0.05, 0) is 57.8 Å². The third-order valence-electron chi connectivity index (χ3n) is 10.5. The van der Waals surface area contributed by atoms with E-state index < -0.39 is 6.10 Å². The highest BCUT2D eigenvalue weighted by atomic mass is 16.6. The van der Waals surface area contributed by atoms with Crippen molar-refractivity contribution >= 4 is 17.9 Å². The van der Waals surface area contributed by atoms with Crippen LogP contribution in [0.3, 0.4) is 0 Å². The number of unbranched alkanes of at least 4 members (excludes halogenated alkanes) is 22. The first-order valence-corrected chi connectivity index (χ1v) is 25.5. The van der Waals surface area contributed by atoms with Crippen molar-refractivity contribution in [1.29, 1.82) is 0 Å². The summed E-state index contributed by atoms with van der Waals surface area (Å²) in [6.07, 6.45) is 67.9. The number of hydrogen-bond donors (Lipinski definition) is 0. The van der Waals surface area contributed by atoms with Crippen molar-refractivity contribution in [3.05, 3.63) is 109 Å². The van der Waals surface area contributed by atoms with E-state index in [1.54, 1.807) is 0 Å². The number of esters is 3. The molecule has 0 aliphatic heterocycles. The lowest BCUT2D eigenvalue weighted by Crippen LogP contribution is -2.30. The highest BCUT2D eigenvalue weighted by molar-refractivity contribution is 5.71. The minimum absolute atomic E-state index is 0.113. The molecule has 0 bridgehead atoms. The van der Waals surface area contributed by atoms with Crippen LogP contribution in [0.2, 0.25) is 0 Å². The quantitative estimate of drug-likeness (QED) is 0.0263. The molecule has 0 rings (SSSR count). The standard InChI is InChI=1S/C57H92O6/c1-4-7-10-13-16-19-22-25-27-28-29-30-33-35-38-41-44-47-50-56(59)62-53-54(52-61-55(58)49-46-43-40-37-34-31-24-21-18-15-12-9-6-3)63-57(60)51-48-45-42-39-36-32-26-23-20-17-14-11-8-5-2/h9,12,15-16,18-19,21-22,24-25,27-31,34,37,40,54H,4-8,10-11,13-14,17,20,23,26,32-33,35-36,38-39,41-53H2,1-3H3/b12-9+,18-15+,19-16+,24-21+,25-22+,28-27+,30-29+,34-31+,40-37+. The van der Waals surface area contributed by atoms with Crippen LogP contribution < -0.4 is 0 Å². The van der Waals surface area contributed by atoms with E-state index in [0.29, 0.717) is 19.3 Å². The average molecular weight is 873 g/mol. The third kappa shape index (κ3) is 49.0. The van der Waals surface area contributed by atoms with Gasteiger partial charge >= 0.3 is 17.9 Å². The molecule has 6 nitrogen and oxygen atoms in total. The summed E-state index contributed by atoms with van der Waals surface area (Å²) >= 11 is 0. The molecule has 0 spiro atoms. The summed E-state index contributed by atoms with van der Waals surface area (Å²) in [5, 5.41) is 0. The van der Waals surface area contributed by atoms with E-state index in [0.717, 1.165) is 77.0 Å². The molecular weight excluding hydrogens is 781 g/mol. The highest BCUT2D eigenvalue weighted by Crippen LogP contribution is 2.15. The van der Waals surface area contributed by atoms with Crippen LogP contribution in [0.1, 0.15) is 213 Å². The number of carbonyl (C=O) groups is 3. The fraction of sp³-hybridized carbons (Fsp3) is 0.632. The van der Waals surface area contributed by atoms with Crippen LogP contribution in [-0.2, 0) is 28.6 Å². The minimum atomic E-state index is -0.816. The van der Waals surface area contributed by atoms with Gasteiger partial charge < -0.3 is 14.2 Å². The Morgan fingerprint density at radius 3 is 1.06 bits per heavy atom. The molecule has 356 valence electrons. The molecule has 6 heteroatoms.